The van der Waals surface area contributed by atoms with Crippen molar-refractivity contribution in [3.63, 3.8) is 0 Å². The van der Waals surface area contributed by atoms with Gasteiger partial charge in [-0.15, -0.1) is 0 Å². The fourth-order valence-corrected chi connectivity index (χ4v) is 5.75. The molecule has 1 atom stereocenters. The number of benzene rings is 1. The first-order valence-corrected chi connectivity index (χ1v) is 12.0. The van der Waals surface area contributed by atoms with Crippen LogP contribution in [0.5, 0.6) is 5.75 Å². The number of nitrogens with two attached hydrogens (primary N) is 1. The first-order chi connectivity index (χ1) is 15.0. The minimum atomic E-state index is -1.15. The lowest BCUT2D eigenvalue weighted by molar-refractivity contribution is 0.116. The molecule has 1 saturated heterocycles. The molecule has 0 bridgehead atoms. The molecule has 1 unspecified atom stereocenters. The average molecular weight is 444 g/mol. The van der Waals surface area contributed by atoms with E-state index in [1.165, 1.54) is 0 Å². The summed E-state index contributed by atoms with van der Waals surface area (Å²) in [6.07, 6.45) is 4.18. The summed E-state index contributed by atoms with van der Waals surface area (Å²) >= 11 is -1.15. The molecular formula is C22H29N5O3S. The number of allylic oxidation sites excluding steroid dienone is 1. The van der Waals surface area contributed by atoms with Crippen LogP contribution >= 0.6 is 0 Å². The summed E-state index contributed by atoms with van der Waals surface area (Å²) in [6.45, 7) is 1.59. The number of ether oxygens (including phenoxy) is 1. The lowest BCUT2D eigenvalue weighted by Crippen LogP contribution is -2.51. The number of nitrogens with zero attached hydrogens (tertiary/aromatic N) is 4. The molecule has 9 heteroatoms. The van der Waals surface area contributed by atoms with Crippen LogP contribution in [0.1, 0.15) is 37.7 Å². The van der Waals surface area contributed by atoms with Gasteiger partial charge < -0.3 is 19.3 Å². The number of hydrogen-bond acceptors (Lipinski definition) is 7. The zero-order chi connectivity index (χ0) is 22.0. The smallest absolute Gasteiger partial charge is 0.215 e. The third-order valence-corrected chi connectivity index (χ3v) is 7.85. The molecule has 0 aromatic heterocycles. The molecule has 4 rings (SSSR count). The van der Waals surface area contributed by atoms with E-state index in [0.29, 0.717) is 17.2 Å². The molecule has 31 heavy (non-hydrogen) atoms. The Morgan fingerprint density at radius 2 is 2.06 bits per heavy atom. The van der Waals surface area contributed by atoms with Crippen LogP contribution in [0, 0.1) is 11.3 Å². The van der Waals surface area contributed by atoms with Crippen LogP contribution in [0.15, 0.2) is 39.9 Å². The Labute approximate surface area is 186 Å². The van der Waals surface area contributed by atoms with Crippen LogP contribution in [-0.2, 0) is 11.2 Å². The van der Waals surface area contributed by atoms with Crippen LogP contribution in [0.4, 0.5) is 0 Å². The predicted molar refractivity (Wildman–Crippen MR) is 119 cm³/mol. The van der Waals surface area contributed by atoms with Gasteiger partial charge in [0.25, 0.3) is 0 Å². The lowest BCUT2D eigenvalue weighted by atomic mass is 10.1. The van der Waals surface area contributed by atoms with Crippen molar-refractivity contribution < 1.29 is 14.4 Å². The van der Waals surface area contributed by atoms with Gasteiger partial charge in [-0.05, 0) is 48.3 Å². The van der Waals surface area contributed by atoms with Gasteiger partial charge in [0.05, 0.1) is 29.5 Å². The average Bonchev–Trinajstić information content (AvgIpc) is 3.52. The molecule has 8 nitrogen and oxygen atoms in total. The molecule has 0 spiro atoms. The van der Waals surface area contributed by atoms with Crippen molar-refractivity contribution in [2.75, 3.05) is 32.5 Å². The maximum atomic E-state index is 12.9. The van der Waals surface area contributed by atoms with E-state index in [-0.39, 0.29) is 12.7 Å². The largest absolute Gasteiger partial charge is 0.611 e. The summed E-state index contributed by atoms with van der Waals surface area (Å²) in [5.41, 5.74) is 1.20. The third kappa shape index (κ3) is 4.39. The number of amidine groups is 1. The topological polar surface area (TPSA) is 121 Å². The Hall–Kier alpha value is -2.25. The number of aliphatic hydroxyl groups excluding tert-OH is 1. The van der Waals surface area contributed by atoms with E-state index >= 15 is 0 Å². The van der Waals surface area contributed by atoms with Gasteiger partial charge in [0, 0.05) is 39.4 Å². The second-order valence-electron chi connectivity index (χ2n) is 8.32. The zero-order valence-electron chi connectivity index (χ0n) is 17.8. The number of hydrazine groups is 1. The molecule has 2 heterocycles. The van der Waals surface area contributed by atoms with Crippen molar-refractivity contribution in [2.24, 2.45) is 10.8 Å². The summed E-state index contributed by atoms with van der Waals surface area (Å²) in [4.78, 5) is 7.39. The number of aliphatic hydroxyl groups is 1. The molecule has 1 aromatic carbocycles. The van der Waals surface area contributed by atoms with Crippen molar-refractivity contribution in [3.05, 3.63) is 40.4 Å². The Bertz CT molecular complexity index is 899. The number of likely N-dealkylation sites (tertiary alicyclic amines) is 1. The summed E-state index contributed by atoms with van der Waals surface area (Å²) in [5, 5.41) is 20.2. The van der Waals surface area contributed by atoms with Crippen LogP contribution in [0.2, 0.25) is 0 Å². The zero-order valence-corrected chi connectivity index (χ0v) is 18.6. The SMILES string of the molecule is C/N=C(\C1=C(N2CCC(Oc3ccc(C#N)cc3)CC2)CC[S+]1[O-])N(N)C1(CO)CC1. The minimum Gasteiger partial charge on any atom is -0.611 e. The molecule has 0 amide bonds. The normalized spacial score (nSPS) is 23.6. The van der Waals surface area contributed by atoms with E-state index in [1.807, 2.05) is 12.1 Å². The second kappa shape index (κ2) is 9.09. The van der Waals surface area contributed by atoms with Gasteiger partial charge in [-0.3, -0.25) is 10.0 Å². The molecule has 0 radical (unpaired) electrons. The van der Waals surface area contributed by atoms with E-state index in [4.69, 9.17) is 15.8 Å². The van der Waals surface area contributed by atoms with Gasteiger partial charge in [0.2, 0.25) is 4.91 Å². The minimum absolute atomic E-state index is 0.0319. The van der Waals surface area contributed by atoms with E-state index in [9.17, 15) is 9.66 Å². The van der Waals surface area contributed by atoms with Crippen molar-refractivity contribution in [1.82, 2.24) is 9.91 Å². The Balaban J connectivity index is 1.44. The molecule has 1 saturated carbocycles. The Morgan fingerprint density at radius 1 is 1.39 bits per heavy atom. The number of piperidine rings is 1. The Morgan fingerprint density at radius 3 is 2.61 bits per heavy atom. The molecule has 1 aromatic rings. The first-order valence-electron chi connectivity index (χ1n) is 10.7. The van der Waals surface area contributed by atoms with E-state index < -0.39 is 16.7 Å². The molecule has 3 aliphatic rings. The highest BCUT2D eigenvalue weighted by Crippen LogP contribution is 2.42. The van der Waals surface area contributed by atoms with Crippen LogP contribution in [0.3, 0.4) is 0 Å². The van der Waals surface area contributed by atoms with Gasteiger partial charge >= 0.3 is 0 Å². The Kier molecular flexibility index (Phi) is 6.44. The predicted octanol–water partition coefficient (Wildman–Crippen LogP) is 1.49. The summed E-state index contributed by atoms with van der Waals surface area (Å²) in [6, 6.07) is 9.31. The number of nitriles is 1. The molecule has 1 aliphatic carbocycles. The van der Waals surface area contributed by atoms with Crippen molar-refractivity contribution in [3.8, 4) is 11.8 Å². The van der Waals surface area contributed by atoms with E-state index in [0.717, 1.165) is 61.5 Å². The van der Waals surface area contributed by atoms with Crippen LogP contribution in [0.25, 0.3) is 0 Å². The highest BCUT2D eigenvalue weighted by Gasteiger charge is 2.51. The number of aliphatic imine (C=N–C) groups is 1. The maximum absolute atomic E-state index is 12.9. The van der Waals surface area contributed by atoms with E-state index in [1.54, 1.807) is 24.2 Å². The van der Waals surface area contributed by atoms with Gasteiger partial charge in [-0.25, -0.2) is 5.84 Å². The lowest BCUT2D eigenvalue weighted by Gasteiger charge is -2.35. The van der Waals surface area contributed by atoms with Crippen LogP contribution in [-0.4, -0.2) is 69.5 Å². The van der Waals surface area contributed by atoms with Crippen molar-refractivity contribution in [1.29, 1.82) is 5.26 Å². The molecule has 2 aliphatic heterocycles. The highest BCUT2D eigenvalue weighted by atomic mass is 32.2. The maximum Gasteiger partial charge on any atom is 0.215 e. The highest BCUT2D eigenvalue weighted by molar-refractivity contribution is 7.96. The molecular weight excluding hydrogens is 414 g/mol. The fourth-order valence-electron chi connectivity index (χ4n) is 4.28. The summed E-state index contributed by atoms with van der Waals surface area (Å²) in [7, 11) is 1.67. The second-order valence-corrected chi connectivity index (χ2v) is 9.82. The standard InChI is InChI=1S/C22H29N5O3S/c1-25-21(27(24)22(15-28)9-10-22)20-19(8-13-31(20)29)26-11-6-18(7-12-26)30-17-4-2-16(14-23)3-5-17/h2-5,18,28H,6-13,15,24H2,1H3/b25-21+. The van der Waals surface area contributed by atoms with Gasteiger partial charge in [0.15, 0.2) is 5.84 Å². The van der Waals surface area contributed by atoms with Crippen molar-refractivity contribution >= 4 is 17.0 Å². The number of hydrogen-bond donors (Lipinski definition) is 2. The van der Waals surface area contributed by atoms with Gasteiger partial charge in [-0.2, -0.15) is 5.26 Å². The first kappa shape index (κ1) is 22.0. The summed E-state index contributed by atoms with van der Waals surface area (Å²) in [5.74, 6) is 8.24. The van der Waals surface area contributed by atoms with Gasteiger partial charge in [0.1, 0.15) is 17.6 Å². The summed E-state index contributed by atoms with van der Waals surface area (Å²) < 4.78 is 19.0. The van der Waals surface area contributed by atoms with Crippen molar-refractivity contribution in [2.45, 2.75) is 43.7 Å². The van der Waals surface area contributed by atoms with Crippen LogP contribution < -0.4 is 10.6 Å². The molecule has 3 N–H and O–H groups in total. The number of rotatable bonds is 6. The monoisotopic (exact) mass is 443 g/mol. The third-order valence-electron chi connectivity index (χ3n) is 6.40. The molecule has 166 valence electrons. The quantitative estimate of drug-likeness (QED) is 0.225. The van der Waals surface area contributed by atoms with Gasteiger partial charge in [-0.1, -0.05) is 0 Å². The van der Waals surface area contributed by atoms with E-state index in [2.05, 4.69) is 16.0 Å². The molecule has 2 fully saturated rings. The fraction of sp³-hybridized carbons (Fsp3) is 0.545.